The summed E-state index contributed by atoms with van der Waals surface area (Å²) >= 11 is 0. The molecule has 0 aliphatic heterocycles. The molecule has 7 unspecified atom stereocenters. The van der Waals surface area contributed by atoms with Crippen LogP contribution in [0.15, 0.2) is 0 Å². The van der Waals surface area contributed by atoms with E-state index < -0.39 is 0 Å². The van der Waals surface area contributed by atoms with Crippen molar-refractivity contribution in [1.82, 2.24) is 0 Å². The van der Waals surface area contributed by atoms with Crippen LogP contribution in [0.25, 0.3) is 0 Å². The molecule has 5 aliphatic rings. The van der Waals surface area contributed by atoms with Gasteiger partial charge in [-0.2, -0.15) is 0 Å². The van der Waals surface area contributed by atoms with Crippen molar-refractivity contribution in [3.05, 3.63) is 0 Å². The van der Waals surface area contributed by atoms with Crippen LogP contribution < -0.4 is 0 Å². The van der Waals surface area contributed by atoms with Gasteiger partial charge >= 0.3 is 0 Å². The van der Waals surface area contributed by atoms with E-state index in [0.717, 1.165) is 40.9 Å². The smallest absolute Gasteiger partial charge is 0.0212 e. The van der Waals surface area contributed by atoms with E-state index >= 15 is 0 Å². The van der Waals surface area contributed by atoms with Gasteiger partial charge in [0.05, 0.1) is 0 Å². The van der Waals surface area contributed by atoms with Crippen LogP contribution in [0.2, 0.25) is 0 Å². The molecular formula is C21H34. The normalized spacial score (nSPS) is 54.6. The van der Waals surface area contributed by atoms with E-state index in [4.69, 9.17) is 0 Å². The van der Waals surface area contributed by atoms with Gasteiger partial charge in [0.15, 0.2) is 0 Å². The Bertz CT molecular complexity index is 435. The minimum absolute atomic E-state index is 0.626. The van der Waals surface area contributed by atoms with Crippen LogP contribution in [-0.2, 0) is 0 Å². The lowest BCUT2D eigenvalue weighted by molar-refractivity contribution is -0.0647. The number of fused-ring (bicyclic) bond motifs is 4. The molecule has 0 aromatic carbocycles. The summed E-state index contributed by atoms with van der Waals surface area (Å²) in [6.07, 6.45) is 17.5. The van der Waals surface area contributed by atoms with Gasteiger partial charge in [-0.3, -0.25) is 0 Å². The maximum absolute atomic E-state index is 2.70. The molecule has 0 saturated heterocycles. The topological polar surface area (TPSA) is 0 Å². The standard InChI is InChI=1S/C21H34/c1-20(2,13-18-9-14-3-5-17(18)8-14)21-11-15-4-6-19(21)10-16(7-15)12-21/h14-19H,3-13H2,1-2H3. The van der Waals surface area contributed by atoms with Crippen molar-refractivity contribution in [2.45, 2.75) is 84.5 Å². The van der Waals surface area contributed by atoms with Crippen LogP contribution in [0, 0.1) is 46.3 Å². The van der Waals surface area contributed by atoms with Gasteiger partial charge in [-0.1, -0.05) is 26.7 Å². The summed E-state index contributed by atoms with van der Waals surface area (Å²) in [7, 11) is 0. The summed E-state index contributed by atoms with van der Waals surface area (Å²) in [6.45, 7) is 5.39. The first kappa shape index (κ1) is 13.4. The lowest BCUT2D eigenvalue weighted by atomic mass is 9.49. The molecule has 118 valence electrons. The Morgan fingerprint density at radius 2 is 1.62 bits per heavy atom. The fraction of sp³-hybridized carbons (Fsp3) is 1.00. The Kier molecular flexibility index (Phi) is 2.75. The van der Waals surface area contributed by atoms with Gasteiger partial charge in [-0.25, -0.2) is 0 Å². The predicted octanol–water partition coefficient (Wildman–Crippen LogP) is 6.06. The molecule has 0 aromatic heterocycles. The molecule has 0 radical (unpaired) electrons. The third-order valence-electron chi connectivity index (χ3n) is 9.30. The first-order chi connectivity index (χ1) is 10.1. The SMILES string of the molecule is CC(C)(CC1CC2CCC1C2)C12CC3CCC1CC(C3)C2. The summed E-state index contributed by atoms with van der Waals surface area (Å²) in [6, 6.07) is 0. The molecule has 0 spiro atoms. The summed E-state index contributed by atoms with van der Waals surface area (Å²) in [5, 5.41) is 0. The van der Waals surface area contributed by atoms with Crippen LogP contribution in [0.3, 0.4) is 0 Å². The van der Waals surface area contributed by atoms with E-state index in [1.165, 1.54) is 0 Å². The highest BCUT2D eigenvalue weighted by atomic mass is 14.7. The zero-order valence-electron chi connectivity index (χ0n) is 14.2. The highest BCUT2D eigenvalue weighted by molar-refractivity contribution is 5.10. The molecule has 7 atom stereocenters. The highest BCUT2D eigenvalue weighted by Crippen LogP contribution is 2.70. The van der Waals surface area contributed by atoms with Gasteiger partial charge in [0.2, 0.25) is 0 Å². The molecule has 5 saturated carbocycles. The second kappa shape index (κ2) is 4.30. The summed E-state index contributed by atoms with van der Waals surface area (Å²) in [5.41, 5.74) is 1.39. The van der Waals surface area contributed by atoms with E-state index in [1.807, 2.05) is 0 Å². The van der Waals surface area contributed by atoms with Crippen LogP contribution in [0.1, 0.15) is 84.5 Å². The van der Waals surface area contributed by atoms with Crippen molar-refractivity contribution in [3.63, 3.8) is 0 Å². The van der Waals surface area contributed by atoms with Gasteiger partial charge in [-0.15, -0.1) is 0 Å². The van der Waals surface area contributed by atoms with E-state index in [9.17, 15) is 0 Å². The quantitative estimate of drug-likeness (QED) is 0.592. The first-order valence-electron chi connectivity index (χ1n) is 10.1. The molecule has 0 heterocycles. The monoisotopic (exact) mass is 286 g/mol. The second-order valence-corrected chi connectivity index (χ2v) is 10.6. The van der Waals surface area contributed by atoms with Gasteiger partial charge in [0, 0.05) is 0 Å². The lowest BCUT2D eigenvalue weighted by Crippen LogP contribution is -2.47. The fourth-order valence-corrected chi connectivity index (χ4v) is 8.53. The molecule has 0 heteroatoms. The maximum atomic E-state index is 2.70. The second-order valence-electron chi connectivity index (χ2n) is 10.6. The zero-order chi connectivity index (χ0) is 14.2. The number of hydrogen-bond acceptors (Lipinski definition) is 0. The third kappa shape index (κ3) is 1.80. The fourth-order valence-electron chi connectivity index (χ4n) is 8.53. The van der Waals surface area contributed by atoms with Crippen molar-refractivity contribution < 1.29 is 0 Å². The van der Waals surface area contributed by atoms with Crippen molar-refractivity contribution in [1.29, 1.82) is 0 Å². The molecule has 5 bridgehead atoms. The Labute approximate surface area is 131 Å². The molecule has 0 N–H and O–H groups in total. The summed E-state index contributed by atoms with van der Waals surface area (Å²) in [4.78, 5) is 0. The molecule has 0 nitrogen and oxygen atoms in total. The van der Waals surface area contributed by atoms with Gasteiger partial charge in [0.25, 0.3) is 0 Å². The molecule has 5 rings (SSSR count). The van der Waals surface area contributed by atoms with Crippen LogP contribution >= 0.6 is 0 Å². The summed E-state index contributed by atoms with van der Waals surface area (Å²) < 4.78 is 0. The van der Waals surface area contributed by atoms with Crippen molar-refractivity contribution in [2.75, 3.05) is 0 Å². The van der Waals surface area contributed by atoms with Crippen LogP contribution in [0.5, 0.6) is 0 Å². The minimum Gasteiger partial charge on any atom is -0.0594 e. The van der Waals surface area contributed by atoms with Gasteiger partial charge < -0.3 is 0 Å². The molecule has 0 aromatic rings. The third-order valence-corrected chi connectivity index (χ3v) is 9.30. The first-order valence-corrected chi connectivity index (χ1v) is 10.1. The van der Waals surface area contributed by atoms with Crippen molar-refractivity contribution >= 4 is 0 Å². The average Bonchev–Trinajstić information content (AvgIpc) is 3.07. The Hall–Kier alpha value is 0. The van der Waals surface area contributed by atoms with E-state index in [2.05, 4.69) is 13.8 Å². The lowest BCUT2D eigenvalue weighted by Gasteiger charge is -2.56. The molecule has 5 fully saturated rings. The minimum atomic E-state index is 0.626. The average molecular weight is 287 g/mol. The van der Waals surface area contributed by atoms with E-state index in [1.54, 1.807) is 70.6 Å². The largest absolute Gasteiger partial charge is 0.0594 e. The van der Waals surface area contributed by atoms with Gasteiger partial charge in [-0.05, 0) is 104 Å². The number of hydrogen-bond donors (Lipinski definition) is 0. The molecule has 0 amide bonds. The van der Waals surface area contributed by atoms with Crippen LogP contribution in [-0.4, -0.2) is 0 Å². The van der Waals surface area contributed by atoms with Crippen molar-refractivity contribution in [3.8, 4) is 0 Å². The van der Waals surface area contributed by atoms with Crippen LogP contribution in [0.4, 0.5) is 0 Å². The van der Waals surface area contributed by atoms with E-state index in [-0.39, 0.29) is 0 Å². The van der Waals surface area contributed by atoms with E-state index in [0.29, 0.717) is 5.41 Å². The predicted molar refractivity (Wildman–Crippen MR) is 87.9 cm³/mol. The maximum Gasteiger partial charge on any atom is -0.0212 e. The molecule has 5 aliphatic carbocycles. The highest BCUT2D eigenvalue weighted by Gasteiger charge is 2.61. The Morgan fingerprint density at radius 3 is 2.38 bits per heavy atom. The zero-order valence-corrected chi connectivity index (χ0v) is 14.2. The Morgan fingerprint density at radius 1 is 0.810 bits per heavy atom. The van der Waals surface area contributed by atoms with Gasteiger partial charge in [0.1, 0.15) is 0 Å². The Balaban J connectivity index is 1.40. The summed E-state index contributed by atoms with van der Waals surface area (Å²) in [5.74, 6) is 6.70. The number of rotatable bonds is 3. The molecular weight excluding hydrogens is 252 g/mol. The molecule has 21 heavy (non-hydrogen) atoms. The van der Waals surface area contributed by atoms with Crippen molar-refractivity contribution in [2.24, 2.45) is 46.3 Å².